The normalized spacial score (nSPS) is 18.6. The van der Waals surface area contributed by atoms with Gasteiger partial charge in [-0.15, -0.1) is 0 Å². The van der Waals surface area contributed by atoms with Crippen LogP contribution in [0.4, 0.5) is 4.39 Å². The second kappa shape index (κ2) is 5.90. The lowest BCUT2D eigenvalue weighted by atomic mass is 9.72. The molecule has 0 aromatic heterocycles. The molecule has 1 atom stereocenters. The van der Waals surface area contributed by atoms with Crippen molar-refractivity contribution in [1.29, 1.82) is 0 Å². The summed E-state index contributed by atoms with van der Waals surface area (Å²) in [5, 5.41) is 11.0. The first-order chi connectivity index (χ1) is 10.1. The van der Waals surface area contributed by atoms with Crippen LogP contribution in [0.5, 0.6) is 0 Å². The van der Waals surface area contributed by atoms with Crippen molar-refractivity contribution in [3.05, 3.63) is 69.9 Å². The first kappa shape index (κ1) is 14.7. The van der Waals surface area contributed by atoms with E-state index in [0.717, 1.165) is 31.2 Å². The summed E-state index contributed by atoms with van der Waals surface area (Å²) < 4.78 is 14.8. The largest absolute Gasteiger partial charge is 0.387 e. The van der Waals surface area contributed by atoms with Gasteiger partial charge in [-0.3, -0.25) is 0 Å². The molecule has 3 heteroatoms. The molecule has 0 amide bonds. The maximum Gasteiger partial charge on any atom is 0.143 e. The number of benzene rings is 2. The van der Waals surface area contributed by atoms with Crippen LogP contribution in [0.2, 0.25) is 0 Å². The van der Waals surface area contributed by atoms with Gasteiger partial charge in [-0.05, 0) is 40.4 Å². The lowest BCUT2D eigenvalue weighted by Gasteiger charge is -2.35. The van der Waals surface area contributed by atoms with Gasteiger partial charge in [-0.25, -0.2) is 4.39 Å². The molecule has 0 spiro atoms. The molecular weight excluding hydrogens is 331 g/mol. The summed E-state index contributed by atoms with van der Waals surface area (Å²) in [5.41, 5.74) is 1.12. The Morgan fingerprint density at radius 2 is 1.67 bits per heavy atom. The molecular formula is C18H18BrFO. The molecule has 1 nitrogen and oxygen atoms in total. The van der Waals surface area contributed by atoms with E-state index in [1.54, 1.807) is 18.2 Å². The number of aliphatic hydroxyl groups is 1. The van der Waals surface area contributed by atoms with Crippen LogP contribution in [0.25, 0.3) is 0 Å². The van der Waals surface area contributed by atoms with E-state index in [2.05, 4.69) is 15.9 Å². The number of hydrogen-bond acceptors (Lipinski definition) is 1. The molecule has 21 heavy (non-hydrogen) atoms. The van der Waals surface area contributed by atoms with Gasteiger partial charge >= 0.3 is 0 Å². The van der Waals surface area contributed by atoms with Crippen molar-refractivity contribution in [3.8, 4) is 0 Å². The minimum Gasteiger partial charge on any atom is -0.387 e. The van der Waals surface area contributed by atoms with Crippen molar-refractivity contribution < 1.29 is 9.50 Å². The molecule has 0 bridgehead atoms. The molecule has 1 unspecified atom stereocenters. The molecule has 0 aliphatic heterocycles. The van der Waals surface area contributed by atoms with Crippen molar-refractivity contribution in [2.45, 2.75) is 37.2 Å². The fraction of sp³-hybridized carbons (Fsp3) is 0.333. The zero-order valence-corrected chi connectivity index (χ0v) is 13.3. The Morgan fingerprint density at radius 1 is 1.00 bits per heavy atom. The first-order valence-corrected chi connectivity index (χ1v) is 8.12. The molecule has 1 fully saturated rings. The Balaban J connectivity index is 2.08. The highest BCUT2D eigenvalue weighted by atomic mass is 79.9. The monoisotopic (exact) mass is 348 g/mol. The summed E-state index contributed by atoms with van der Waals surface area (Å²) in [6.45, 7) is 0. The summed E-state index contributed by atoms with van der Waals surface area (Å²) in [5.74, 6) is -0.354. The number of halogens is 2. The standard InChI is InChI=1S/C18H18BrFO/c19-15-10-6-9-14(16(15)20)17(21)18(11-4-5-12-18)13-7-2-1-3-8-13/h1-3,6-10,17,21H,4-5,11-12H2. The fourth-order valence-electron chi connectivity index (χ4n) is 3.53. The van der Waals surface area contributed by atoms with Gasteiger partial charge in [0.25, 0.3) is 0 Å². The predicted molar refractivity (Wildman–Crippen MR) is 85.6 cm³/mol. The van der Waals surface area contributed by atoms with Crippen LogP contribution in [-0.2, 0) is 5.41 Å². The van der Waals surface area contributed by atoms with E-state index in [1.165, 1.54) is 0 Å². The third-order valence-corrected chi connectivity index (χ3v) is 5.26. The van der Waals surface area contributed by atoms with Gasteiger partial charge in [0.05, 0.1) is 10.6 Å². The second-order valence-corrected chi connectivity index (χ2v) is 6.63. The van der Waals surface area contributed by atoms with E-state index in [0.29, 0.717) is 10.0 Å². The van der Waals surface area contributed by atoms with E-state index in [9.17, 15) is 9.50 Å². The van der Waals surface area contributed by atoms with Crippen LogP contribution in [0, 0.1) is 5.82 Å². The van der Waals surface area contributed by atoms with Crippen molar-refractivity contribution in [3.63, 3.8) is 0 Å². The van der Waals surface area contributed by atoms with Gasteiger partial charge in [-0.2, -0.15) is 0 Å². The molecule has 0 heterocycles. The number of aliphatic hydroxyl groups excluding tert-OH is 1. The second-order valence-electron chi connectivity index (χ2n) is 5.77. The van der Waals surface area contributed by atoms with Crippen molar-refractivity contribution in [1.82, 2.24) is 0 Å². The molecule has 2 aromatic carbocycles. The molecule has 1 aliphatic rings. The minimum absolute atomic E-state index is 0.354. The highest BCUT2D eigenvalue weighted by molar-refractivity contribution is 9.10. The smallest absolute Gasteiger partial charge is 0.143 e. The van der Waals surface area contributed by atoms with Gasteiger partial charge in [0, 0.05) is 11.0 Å². The average Bonchev–Trinajstić information content (AvgIpc) is 3.01. The molecule has 1 aliphatic carbocycles. The quantitative estimate of drug-likeness (QED) is 0.814. The van der Waals surface area contributed by atoms with E-state index in [-0.39, 0.29) is 11.2 Å². The molecule has 3 rings (SSSR count). The van der Waals surface area contributed by atoms with Gasteiger partial charge in [-0.1, -0.05) is 55.3 Å². The zero-order valence-electron chi connectivity index (χ0n) is 11.7. The van der Waals surface area contributed by atoms with Crippen LogP contribution < -0.4 is 0 Å². The summed E-state index contributed by atoms with van der Waals surface area (Å²) in [7, 11) is 0. The van der Waals surface area contributed by atoms with E-state index in [1.807, 2.05) is 30.3 Å². The Bertz CT molecular complexity index is 620. The third-order valence-electron chi connectivity index (χ3n) is 4.64. The van der Waals surface area contributed by atoms with E-state index in [4.69, 9.17) is 0 Å². The SMILES string of the molecule is OC(c1cccc(Br)c1F)C1(c2ccccc2)CCCC1. The van der Waals surface area contributed by atoms with Crippen molar-refractivity contribution >= 4 is 15.9 Å². The van der Waals surface area contributed by atoms with E-state index < -0.39 is 6.10 Å². The topological polar surface area (TPSA) is 20.2 Å². The predicted octanol–water partition coefficient (Wildman–Crippen LogP) is 5.13. The lowest BCUT2D eigenvalue weighted by molar-refractivity contribution is 0.0787. The Morgan fingerprint density at radius 3 is 2.33 bits per heavy atom. The van der Waals surface area contributed by atoms with Crippen LogP contribution in [0.1, 0.15) is 42.9 Å². The van der Waals surface area contributed by atoms with Crippen LogP contribution in [0.3, 0.4) is 0 Å². The zero-order chi connectivity index (χ0) is 14.9. The maximum absolute atomic E-state index is 14.4. The fourth-order valence-corrected chi connectivity index (χ4v) is 3.91. The molecule has 110 valence electrons. The van der Waals surface area contributed by atoms with Crippen molar-refractivity contribution in [2.24, 2.45) is 0 Å². The average molecular weight is 349 g/mol. The molecule has 1 saturated carbocycles. The van der Waals surface area contributed by atoms with Crippen LogP contribution >= 0.6 is 15.9 Å². The Kier molecular flexibility index (Phi) is 4.14. The highest BCUT2D eigenvalue weighted by Gasteiger charge is 2.43. The number of hydrogen-bond donors (Lipinski definition) is 1. The van der Waals surface area contributed by atoms with Crippen LogP contribution in [-0.4, -0.2) is 5.11 Å². The third kappa shape index (κ3) is 2.53. The van der Waals surface area contributed by atoms with Gasteiger partial charge in [0.15, 0.2) is 0 Å². The molecule has 1 N–H and O–H groups in total. The van der Waals surface area contributed by atoms with Gasteiger partial charge in [0.2, 0.25) is 0 Å². The summed E-state index contributed by atoms with van der Waals surface area (Å²) in [4.78, 5) is 0. The molecule has 0 saturated heterocycles. The van der Waals surface area contributed by atoms with Crippen LogP contribution in [0.15, 0.2) is 53.0 Å². The minimum atomic E-state index is -0.820. The van der Waals surface area contributed by atoms with Gasteiger partial charge < -0.3 is 5.11 Å². The number of rotatable bonds is 3. The van der Waals surface area contributed by atoms with Crippen molar-refractivity contribution in [2.75, 3.05) is 0 Å². The Hall–Kier alpha value is -1.19. The highest BCUT2D eigenvalue weighted by Crippen LogP contribution is 2.50. The summed E-state index contributed by atoms with van der Waals surface area (Å²) in [6.07, 6.45) is 3.11. The lowest BCUT2D eigenvalue weighted by Crippen LogP contribution is -2.31. The van der Waals surface area contributed by atoms with Gasteiger partial charge in [0.1, 0.15) is 5.82 Å². The van der Waals surface area contributed by atoms with E-state index >= 15 is 0 Å². The molecule has 2 aromatic rings. The summed E-state index contributed by atoms with van der Waals surface area (Å²) in [6, 6.07) is 15.2. The molecule has 0 radical (unpaired) electrons. The first-order valence-electron chi connectivity index (χ1n) is 7.33. The Labute approximate surface area is 132 Å². The maximum atomic E-state index is 14.4. The summed E-state index contributed by atoms with van der Waals surface area (Å²) >= 11 is 3.21.